The quantitative estimate of drug-likeness (QED) is 0.669. The molecule has 0 unspecified atom stereocenters. The highest BCUT2D eigenvalue weighted by Gasteiger charge is 2.46. The van der Waals surface area contributed by atoms with Crippen molar-refractivity contribution in [3.05, 3.63) is 71.7 Å². The number of likely N-dealkylation sites (tertiary alicyclic amines) is 2. The minimum Gasteiger partial charge on any atom is -0.494 e. The number of nitrogens with zero attached hydrogens (tertiary/aromatic N) is 3. The maximum absolute atomic E-state index is 13.8. The third-order valence-electron chi connectivity index (χ3n) is 6.51. The van der Waals surface area contributed by atoms with Gasteiger partial charge in [0.1, 0.15) is 17.1 Å². The summed E-state index contributed by atoms with van der Waals surface area (Å²) >= 11 is 0. The molecule has 0 bridgehead atoms. The molecule has 3 aromatic rings. The number of halogens is 1. The Morgan fingerprint density at radius 1 is 1.07 bits per heavy atom. The number of hydrogen-bond acceptors (Lipinski definition) is 4. The molecule has 2 saturated heterocycles. The van der Waals surface area contributed by atoms with Crippen LogP contribution in [0.4, 0.5) is 4.39 Å². The summed E-state index contributed by atoms with van der Waals surface area (Å²) in [5.74, 6) is 1.80. The molecule has 150 valence electrons. The Balaban J connectivity index is 1.35. The zero-order valence-corrected chi connectivity index (χ0v) is 16.9. The molecule has 4 nitrogen and oxygen atoms in total. The van der Waals surface area contributed by atoms with Crippen LogP contribution in [0.2, 0.25) is 0 Å². The molecule has 2 aromatic carbocycles. The van der Waals surface area contributed by atoms with E-state index in [0.717, 1.165) is 54.1 Å². The lowest BCUT2D eigenvalue weighted by Crippen LogP contribution is -2.29. The molecule has 2 aliphatic heterocycles. The Bertz CT molecular complexity index is 1040. The Hall–Kier alpha value is -2.50. The smallest absolute Gasteiger partial charge is 0.145 e. The van der Waals surface area contributed by atoms with Crippen LogP contribution in [0.25, 0.3) is 10.9 Å². The second kappa shape index (κ2) is 7.39. The van der Waals surface area contributed by atoms with E-state index in [4.69, 9.17) is 9.72 Å². The standard InChI is InChI=1S/C24H26FN3O/c1-27-12-18-13-28(15-21(18)24(27)17-6-3-7-19(25)11-17)14-20-10-9-16-5-4-8-22(29-2)23(16)26-20/h3-11,18,21,24H,12-15H2,1-2H3/t18-,21+,24-/m0/s1. The SMILES string of the molecule is COc1cccc2ccc(CN3C[C@@H]4CN(C)[C@@H](c5cccc(F)c5)[C@@H]4C3)nc12. The van der Waals surface area contributed by atoms with Crippen molar-refractivity contribution in [3.8, 4) is 5.75 Å². The summed E-state index contributed by atoms with van der Waals surface area (Å²) in [4.78, 5) is 9.77. The van der Waals surface area contributed by atoms with E-state index < -0.39 is 0 Å². The summed E-state index contributed by atoms with van der Waals surface area (Å²) in [7, 11) is 3.85. The molecule has 0 amide bonds. The molecule has 29 heavy (non-hydrogen) atoms. The monoisotopic (exact) mass is 391 g/mol. The number of hydrogen-bond donors (Lipinski definition) is 0. The summed E-state index contributed by atoms with van der Waals surface area (Å²) < 4.78 is 19.3. The van der Waals surface area contributed by atoms with Gasteiger partial charge in [-0.3, -0.25) is 9.80 Å². The van der Waals surface area contributed by atoms with Crippen LogP contribution in [0.5, 0.6) is 5.75 Å². The molecule has 0 spiro atoms. The maximum atomic E-state index is 13.8. The number of benzene rings is 2. The molecular weight excluding hydrogens is 365 g/mol. The first-order valence-corrected chi connectivity index (χ1v) is 10.2. The van der Waals surface area contributed by atoms with E-state index in [1.165, 1.54) is 6.07 Å². The van der Waals surface area contributed by atoms with Gasteiger partial charge in [-0.1, -0.05) is 30.3 Å². The van der Waals surface area contributed by atoms with E-state index in [2.05, 4.69) is 41.1 Å². The molecule has 2 aliphatic rings. The van der Waals surface area contributed by atoms with E-state index in [0.29, 0.717) is 11.8 Å². The molecule has 0 radical (unpaired) electrons. The molecule has 0 N–H and O–H groups in total. The number of ether oxygens (including phenoxy) is 1. The Morgan fingerprint density at radius 2 is 1.93 bits per heavy atom. The van der Waals surface area contributed by atoms with Gasteiger partial charge in [0, 0.05) is 37.6 Å². The summed E-state index contributed by atoms with van der Waals surface area (Å²) in [6, 6.07) is 17.6. The fourth-order valence-electron chi connectivity index (χ4n) is 5.31. The first-order valence-electron chi connectivity index (χ1n) is 10.2. The fraction of sp³-hybridized carbons (Fsp3) is 0.375. The van der Waals surface area contributed by atoms with Gasteiger partial charge >= 0.3 is 0 Å². The van der Waals surface area contributed by atoms with Gasteiger partial charge in [0.2, 0.25) is 0 Å². The van der Waals surface area contributed by atoms with Crippen LogP contribution in [-0.2, 0) is 6.54 Å². The van der Waals surface area contributed by atoms with E-state index in [1.54, 1.807) is 13.2 Å². The van der Waals surface area contributed by atoms with Crippen LogP contribution in [0.3, 0.4) is 0 Å². The van der Waals surface area contributed by atoms with Crippen LogP contribution >= 0.6 is 0 Å². The molecule has 2 fully saturated rings. The summed E-state index contributed by atoms with van der Waals surface area (Å²) in [6.45, 7) is 3.97. The van der Waals surface area contributed by atoms with Gasteiger partial charge in [-0.25, -0.2) is 9.37 Å². The second-order valence-corrected chi connectivity index (χ2v) is 8.39. The molecule has 3 heterocycles. The Morgan fingerprint density at radius 3 is 2.76 bits per heavy atom. The van der Waals surface area contributed by atoms with Gasteiger partial charge in [0.05, 0.1) is 12.8 Å². The van der Waals surface area contributed by atoms with Crippen molar-refractivity contribution in [3.63, 3.8) is 0 Å². The number of fused-ring (bicyclic) bond motifs is 2. The van der Waals surface area contributed by atoms with Gasteiger partial charge in [0.25, 0.3) is 0 Å². The molecule has 1 aromatic heterocycles. The Labute approximate surface area is 170 Å². The van der Waals surface area contributed by atoms with Crippen molar-refractivity contribution < 1.29 is 9.13 Å². The van der Waals surface area contributed by atoms with Crippen molar-refractivity contribution in [2.75, 3.05) is 33.8 Å². The molecule has 0 saturated carbocycles. The summed E-state index contributed by atoms with van der Waals surface area (Å²) in [5, 5.41) is 1.10. The highest BCUT2D eigenvalue weighted by molar-refractivity contribution is 5.84. The predicted octanol–water partition coefficient (Wildman–Crippen LogP) is 4.12. The molecular formula is C24H26FN3O. The highest BCUT2D eigenvalue weighted by Crippen LogP contribution is 2.44. The van der Waals surface area contributed by atoms with E-state index in [1.807, 2.05) is 18.2 Å². The van der Waals surface area contributed by atoms with Crippen molar-refractivity contribution >= 4 is 10.9 Å². The number of methoxy groups -OCH3 is 1. The Kier molecular flexibility index (Phi) is 4.72. The minimum atomic E-state index is -0.150. The number of rotatable bonds is 4. The molecule has 5 rings (SSSR count). The molecule has 0 aliphatic carbocycles. The lowest BCUT2D eigenvalue weighted by Gasteiger charge is -2.26. The van der Waals surface area contributed by atoms with Gasteiger partial charge in [-0.2, -0.15) is 0 Å². The van der Waals surface area contributed by atoms with Gasteiger partial charge in [-0.05, 0) is 48.7 Å². The molecule has 3 atom stereocenters. The van der Waals surface area contributed by atoms with E-state index in [-0.39, 0.29) is 11.9 Å². The highest BCUT2D eigenvalue weighted by atomic mass is 19.1. The normalized spacial score (nSPS) is 24.9. The van der Waals surface area contributed by atoms with Gasteiger partial charge < -0.3 is 4.74 Å². The molecule has 5 heteroatoms. The predicted molar refractivity (Wildman–Crippen MR) is 112 cm³/mol. The van der Waals surface area contributed by atoms with Crippen molar-refractivity contribution in [1.29, 1.82) is 0 Å². The zero-order chi connectivity index (χ0) is 20.0. The maximum Gasteiger partial charge on any atom is 0.145 e. The van der Waals surface area contributed by atoms with E-state index >= 15 is 0 Å². The lowest BCUT2D eigenvalue weighted by molar-refractivity contribution is 0.223. The topological polar surface area (TPSA) is 28.6 Å². The first-order chi connectivity index (χ1) is 14.1. The minimum absolute atomic E-state index is 0.150. The largest absolute Gasteiger partial charge is 0.494 e. The average Bonchev–Trinajstić information content (AvgIpc) is 3.22. The zero-order valence-electron chi connectivity index (χ0n) is 16.9. The summed E-state index contributed by atoms with van der Waals surface area (Å²) in [6.07, 6.45) is 0. The number of para-hydroxylation sites is 1. The van der Waals surface area contributed by atoms with Crippen LogP contribution in [-0.4, -0.2) is 48.6 Å². The van der Waals surface area contributed by atoms with Gasteiger partial charge in [-0.15, -0.1) is 0 Å². The van der Waals surface area contributed by atoms with Crippen LogP contribution in [0.1, 0.15) is 17.3 Å². The van der Waals surface area contributed by atoms with Crippen LogP contribution < -0.4 is 4.74 Å². The second-order valence-electron chi connectivity index (χ2n) is 8.39. The average molecular weight is 391 g/mol. The number of aromatic nitrogens is 1. The third-order valence-corrected chi connectivity index (χ3v) is 6.51. The first kappa shape index (κ1) is 18.5. The van der Waals surface area contributed by atoms with Crippen molar-refractivity contribution in [1.82, 2.24) is 14.8 Å². The van der Waals surface area contributed by atoms with Crippen molar-refractivity contribution in [2.45, 2.75) is 12.6 Å². The van der Waals surface area contributed by atoms with Crippen LogP contribution in [0, 0.1) is 17.7 Å². The van der Waals surface area contributed by atoms with E-state index in [9.17, 15) is 4.39 Å². The lowest BCUT2D eigenvalue weighted by atomic mass is 9.89. The van der Waals surface area contributed by atoms with Crippen LogP contribution in [0.15, 0.2) is 54.6 Å². The van der Waals surface area contributed by atoms with Crippen molar-refractivity contribution in [2.24, 2.45) is 11.8 Å². The summed E-state index contributed by atoms with van der Waals surface area (Å²) in [5.41, 5.74) is 3.08. The third kappa shape index (κ3) is 3.38. The fourth-order valence-corrected chi connectivity index (χ4v) is 5.31. The van der Waals surface area contributed by atoms with Gasteiger partial charge in [0.15, 0.2) is 0 Å². The number of pyridine rings is 1.